The molecule has 3 N–H and O–H groups in total. The van der Waals surface area contributed by atoms with Crippen LogP contribution in [0.4, 0.5) is 0 Å². The van der Waals surface area contributed by atoms with Gasteiger partial charge in [-0.15, -0.1) is 23.7 Å². The minimum absolute atomic E-state index is 0. The van der Waals surface area contributed by atoms with E-state index in [-0.39, 0.29) is 28.1 Å². The summed E-state index contributed by atoms with van der Waals surface area (Å²) in [6, 6.07) is 1.51. The van der Waals surface area contributed by atoms with Gasteiger partial charge in [0.1, 0.15) is 9.77 Å². The fourth-order valence-corrected chi connectivity index (χ4v) is 4.95. The number of nitrogens with zero attached hydrogens (tertiary/aromatic N) is 1. The summed E-state index contributed by atoms with van der Waals surface area (Å²) in [5.41, 5.74) is 5.36. The topological polar surface area (TPSA) is 92.5 Å². The first-order chi connectivity index (χ1) is 9.57. The van der Waals surface area contributed by atoms with Crippen molar-refractivity contribution in [3.05, 3.63) is 16.3 Å². The van der Waals surface area contributed by atoms with Crippen LogP contribution in [0.15, 0.2) is 16.3 Å². The Morgan fingerprint density at radius 2 is 2.05 bits per heavy atom. The Balaban J connectivity index is 0.00000220. The van der Waals surface area contributed by atoms with Crippen molar-refractivity contribution in [2.24, 2.45) is 5.73 Å². The summed E-state index contributed by atoms with van der Waals surface area (Å²) in [5.74, 6) is -0.341. The van der Waals surface area contributed by atoms with Gasteiger partial charge in [-0.1, -0.05) is 0 Å². The van der Waals surface area contributed by atoms with E-state index in [0.717, 1.165) is 24.2 Å². The fraction of sp³-hybridized carbons (Fsp3) is 0.583. The summed E-state index contributed by atoms with van der Waals surface area (Å²) in [6.45, 7) is 2.01. The molecule has 0 bridgehead atoms. The van der Waals surface area contributed by atoms with Crippen molar-refractivity contribution >= 4 is 39.7 Å². The Labute approximate surface area is 135 Å². The molecule has 1 aromatic rings. The van der Waals surface area contributed by atoms with Crippen LogP contribution < -0.4 is 11.1 Å². The van der Waals surface area contributed by atoms with Gasteiger partial charge in [-0.3, -0.25) is 4.79 Å². The highest BCUT2D eigenvalue weighted by Crippen LogP contribution is 2.27. The molecule has 2 rings (SSSR count). The molecule has 0 saturated carbocycles. The van der Waals surface area contributed by atoms with Gasteiger partial charge in [0, 0.05) is 19.6 Å². The molecule has 9 heteroatoms. The zero-order chi connectivity index (χ0) is 14.6. The lowest BCUT2D eigenvalue weighted by molar-refractivity contribution is 0.0954. The van der Waals surface area contributed by atoms with Gasteiger partial charge in [-0.05, 0) is 37.3 Å². The predicted molar refractivity (Wildman–Crippen MR) is 85.6 cm³/mol. The first-order valence-electron chi connectivity index (χ1n) is 6.63. The number of carbonyl (C=O) groups is 1. The maximum atomic E-state index is 12.5. The highest BCUT2D eigenvalue weighted by atomic mass is 35.5. The number of sulfonamides is 1. The summed E-state index contributed by atoms with van der Waals surface area (Å²) in [7, 11) is -3.54. The molecule has 0 spiro atoms. The van der Waals surface area contributed by atoms with Gasteiger partial charge in [-0.25, -0.2) is 8.42 Å². The second kappa shape index (κ2) is 8.09. The molecule has 0 aromatic carbocycles. The molecule has 2 heterocycles. The van der Waals surface area contributed by atoms with Crippen LogP contribution in [0.3, 0.4) is 0 Å². The lowest BCUT2D eigenvalue weighted by atomic mass is 10.4. The second-order valence-electron chi connectivity index (χ2n) is 4.62. The minimum atomic E-state index is -3.54. The highest BCUT2D eigenvalue weighted by Gasteiger charge is 2.31. The molecule has 0 radical (unpaired) electrons. The number of hydrogen-bond acceptors (Lipinski definition) is 5. The average Bonchev–Trinajstić information content (AvgIpc) is 3.10. The Morgan fingerprint density at radius 1 is 1.38 bits per heavy atom. The van der Waals surface area contributed by atoms with Gasteiger partial charge in [0.15, 0.2) is 0 Å². The Morgan fingerprint density at radius 3 is 2.67 bits per heavy atom. The Hall–Kier alpha value is -0.670. The molecular formula is C12H20ClN3O3S2. The lowest BCUT2D eigenvalue weighted by Gasteiger charge is -2.15. The SMILES string of the molecule is Cl.NCCCNC(=O)c1sccc1S(=O)(=O)N1CCCC1. The van der Waals surface area contributed by atoms with Crippen LogP contribution in [-0.2, 0) is 10.0 Å². The van der Waals surface area contributed by atoms with Crippen LogP contribution in [0, 0.1) is 0 Å². The molecule has 120 valence electrons. The molecule has 1 aliphatic rings. The van der Waals surface area contributed by atoms with E-state index in [1.54, 1.807) is 5.38 Å². The number of nitrogens with one attached hydrogen (secondary N) is 1. The van der Waals surface area contributed by atoms with Gasteiger partial charge in [0.25, 0.3) is 5.91 Å². The molecule has 0 atom stereocenters. The zero-order valence-corrected chi connectivity index (χ0v) is 14.0. The number of amides is 1. The molecule has 1 fully saturated rings. The van der Waals surface area contributed by atoms with E-state index >= 15 is 0 Å². The maximum absolute atomic E-state index is 12.5. The van der Waals surface area contributed by atoms with E-state index < -0.39 is 10.0 Å². The number of thiophene rings is 1. The molecular weight excluding hydrogens is 334 g/mol. The number of carbonyl (C=O) groups excluding carboxylic acids is 1. The third kappa shape index (κ3) is 4.17. The third-order valence-corrected chi connectivity index (χ3v) is 6.17. The van der Waals surface area contributed by atoms with E-state index in [0.29, 0.717) is 32.6 Å². The highest BCUT2D eigenvalue weighted by molar-refractivity contribution is 7.89. The molecule has 0 unspecified atom stereocenters. The van der Waals surface area contributed by atoms with Crippen LogP contribution >= 0.6 is 23.7 Å². The van der Waals surface area contributed by atoms with Crippen molar-refractivity contribution in [1.82, 2.24) is 9.62 Å². The van der Waals surface area contributed by atoms with E-state index in [4.69, 9.17) is 5.73 Å². The second-order valence-corrected chi connectivity index (χ2v) is 7.45. The van der Waals surface area contributed by atoms with Gasteiger partial charge >= 0.3 is 0 Å². The summed E-state index contributed by atoms with van der Waals surface area (Å²) in [6.07, 6.45) is 2.42. The van der Waals surface area contributed by atoms with Crippen LogP contribution in [0.1, 0.15) is 28.9 Å². The van der Waals surface area contributed by atoms with Crippen LogP contribution in [0.2, 0.25) is 0 Å². The van der Waals surface area contributed by atoms with Crippen molar-refractivity contribution in [1.29, 1.82) is 0 Å². The van der Waals surface area contributed by atoms with Gasteiger partial charge < -0.3 is 11.1 Å². The van der Waals surface area contributed by atoms with Crippen LogP contribution in [0.25, 0.3) is 0 Å². The predicted octanol–water partition coefficient (Wildman–Crippen LogP) is 1.03. The van der Waals surface area contributed by atoms with Gasteiger partial charge in [0.05, 0.1) is 0 Å². The smallest absolute Gasteiger partial charge is 0.262 e. The Kier molecular flexibility index (Phi) is 7.08. The van der Waals surface area contributed by atoms with E-state index in [2.05, 4.69) is 5.32 Å². The van der Waals surface area contributed by atoms with E-state index in [1.807, 2.05) is 0 Å². The Bertz CT molecular complexity index is 568. The summed E-state index contributed by atoms with van der Waals surface area (Å²) < 4.78 is 26.4. The molecule has 1 saturated heterocycles. The summed E-state index contributed by atoms with van der Waals surface area (Å²) >= 11 is 1.15. The molecule has 1 aliphatic heterocycles. The van der Waals surface area contributed by atoms with E-state index in [9.17, 15) is 13.2 Å². The first kappa shape index (κ1) is 18.4. The number of halogens is 1. The molecule has 1 aromatic heterocycles. The largest absolute Gasteiger partial charge is 0.351 e. The van der Waals surface area contributed by atoms with Gasteiger partial charge in [0.2, 0.25) is 10.0 Å². The van der Waals surface area contributed by atoms with E-state index in [1.165, 1.54) is 10.4 Å². The molecule has 6 nitrogen and oxygen atoms in total. The molecule has 0 aliphatic carbocycles. The monoisotopic (exact) mass is 353 g/mol. The van der Waals surface area contributed by atoms with Crippen molar-refractivity contribution < 1.29 is 13.2 Å². The standard InChI is InChI=1S/C12H19N3O3S2.ClH/c13-5-3-6-14-12(16)11-10(4-9-19-11)20(17,18)15-7-1-2-8-15;/h4,9H,1-3,5-8,13H2,(H,14,16);1H. The van der Waals surface area contributed by atoms with Crippen molar-refractivity contribution in [2.45, 2.75) is 24.2 Å². The van der Waals surface area contributed by atoms with Crippen molar-refractivity contribution in [3.63, 3.8) is 0 Å². The van der Waals surface area contributed by atoms with Crippen LogP contribution in [-0.4, -0.2) is 44.8 Å². The van der Waals surface area contributed by atoms with Crippen LogP contribution in [0.5, 0.6) is 0 Å². The minimum Gasteiger partial charge on any atom is -0.351 e. The lowest BCUT2D eigenvalue weighted by Crippen LogP contribution is -2.31. The maximum Gasteiger partial charge on any atom is 0.262 e. The molecule has 21 heavy (non-hydrogen) atoms. The van der Waals surface area contributed by atoms with Crippen molar-refractivity contribution in [2.75, 3.05) is 26.2 Å². The van der Waals surface area contributed by atoms with Gasteiger partial charge in [-0.2, -0.15) is 4.31 Å². The summed E-state index contributed by atoms with van der Waals surface area (Å²) in [5, 5.41) is 4.34. The fourth-order valence-electron chi connectivity index (χ4n) is 2.12. The quantitative estimate of drug-likeness (QED) is 0.747. The number of rotatable bonds is 6. The number of hydrogen-bond donors (Lipinski definition) is 2. The average molecular weight is 354 g/mol. The summed E-state index contributed by atoms with van der Waals surface area (Å²) in [4.78, 5) is 12.4. The van der Waals surface area contributed by atoms with Crippen molar-refractivity contribution in [3.8, 4) is 0 Å². The first-order valence-corrected chi connectivity index (χ1v) is 8.95. The molecule has 1 amide bonds. The normalized spacial score (nSPS) is 15.7. The third-order valence-electron chi connectivity index (χ3n) is 3.18. The number of nitrogens with two attached hydrogens (primary N) is 1. The zero-order valence-electron chi connectivity index (χ0n) is 11.6.